The minimum atomic E-state index is 0.703. The van der Waals surface area contributed by atoms with E-state index in [9.17, 15) is 0 Å². The smallest absolute Gasteiger partial charge is 0.0342 e. The van der Waals surface area contributed by atoms with Gasteiger partial charge in [0.2, 0.25) is 0 Å². The highest BCUT2D eigenvalue weighted by Crippen LogP contribution is 2.34. The number of piperidine rings is 1. The number of aromatic nitrogens is 1. The maximum atomic E-state index is 4.20. The highest BCUT2D eigenvalue weighted by Gasteiger charge is 2.28. The molecule has 2 heterocycles. The standard InChI is InChI=1S/C14H18N2/c1-4-13(10-15-7-1)12-6-5-11-3-2-8-16-14(11)9-12/h1,4,6-7,10-11,14,16H,2-3,5,8-9H2/t11-,14+/m1/s1. The Morgan fingerprint density at radius 2 is 2.38 bits per heavy atom. The van der Waals surface area contributed by atoms with Gasteiger partial charge in [0, 0.05) is 18.4 Å². The number of nitrogens with one attached hydrogen (secondary N) is 1. The predicted octanol–water partition coefficient (Wildman–Crippen LogP) is 2.63. The van der Waals surface area contributed by atoms with Gasteiger partial charge in [-0.15, -0.1) is 0 Å². The first-order chi connectivity index (χ1) is 7.93. The lowest BCUT2D eigenvalue weighted by atomic mass is 9.78. The van der Waals surface area contributed by atoms with Crippen LogP contribution < -0.4 is 5.32 Å². The van der Waals surface area contributed by atoms with E-state index in [2.05, 4.69) is 22.4 Å². The van der Waals surface area contributed by atoms with Gasteiger partial charge in [-0.25, -0.2) is 0 Å². The minimum absolute atomic E-state index is 0.703. The van der Waals surface area contributed by atoms with Crippen LogP contribution in [-0.4, -0.2) is 17.6 Å². The van der Waals surface area contributed by atoms with E-state index in [4.69, 9.17) is 0 Å². The van der Waals surface area contributed by atoms with Crippen LogP contribution in [-0.2, 0) is 0 Å². The van der Waals surface area contributed by atoms with Crippen LogP contribution in [0.15, 0.2) is 30.6 Å². The first kappa shape index (κ1) is 10.0. The molecule has 2 atom stereocenters. The third-order valence-corrected chi connectivity index (χ3v) is 3.87. The summed E-state index contributed by atoms with van der Waals surface area (Å²) >= 11 is 0. The number of hydrogen-bond donors (Lipinski definition) is 1. The second-order valence-electron chi connectivity index (χ2n) is 4.87. The van der Waals surface area contributed by atoms with Crippen LogP contribution in [0.4, 0.5) is 0 Å². The van der Waals surface area contributed by atoms with Gasteiger partial charge in [0.25, 0.3) is 0 Å². The van der Waals surface area contributed by atoms with Crippen LogP contribution in [0.5, 0.6) is 0 Å². The van der Waals surface area contributed by atoms with Crippen molar-refractivity contribution < 1.29 is 0 Å². The zero-order valence-corrected chi connectivity index (χ0v) is 9.52. The number of hydrogen-bond acceptors (Lipinski definition) is 2. The molecule has 1 aliphatic heterocycles. The number of allylic oxidation sites excluding steroid dienone is 1. The molecule has 0 bridgehead atoms. The van der Waals surface area contributed by atoms with Gasteiger partial charge < -0.3 is 5.32 Å². The molecule has 2 nitrogen and oxygen atoms in total. The molecule has 1 N–H and O–H groups in total. The van der Waals surface area contributed by atoms with Crippen molar-refractivity contribution in [2.75, 3.05) is 6.54 Å². The topological polar surface area (TPSA) is 24.9 Å². The molecular formula is C14H18N2. The summed E-state index contributed by atoms with van der Waals surface area (Å²) in [4.78, 5) is 4.20. The molecule has 1 fully saturated rings. The van der Waals surface area contributed by atoms with Gasteiger partial charge >= 0.3 is 0 Å². The first-order valence-electron chi connectivity index (χ1n) is 6.26. The van der Waals surface area contributed by atoms with Crippen LogP contribution in [0.25, 0.3) is 5.57 Å². The molecule has 0 unspecified atom stereocenters. The number of rotatable bonds is 1. The molecular weight excluding hydrogens is 196 g/mol. The molecule has 1 aromatic heterocycles. The first-order valence-corrected chi connectivity index (χ1v) is 6.26. The fourth-order valence-electron chi connectivity index (χ4n) is 2.94. The lowest BCUT2D eigenvalue weighted by molar-refractivity contribution is 0.278. The van der Waals surface area contributed by atoms with Crippen molar-refractivity contribution in [3.8, 4) is 0 Å². The average Bonchev–Trinajstić information content (AvgIpc) is 2.39. The van der Waals surface area contributed by atoms with Gasteiger partial charge in [0.1, 0.15) is 0 Å². The van der Waals surface area contributed by atoms with E-state index in [1.54, 1.807) is 0 Å². The van der Waals surface area contributed by atoms with Crippen LogP contribution in [0.1, 0.15) is 31.2 Å². The Morgan fingerprint density at radius 3 is 3.25 bits per heavy atom. The van der Waals surface area contributed by atoms with Crippen molar-refractivity contribution in [2.45, 2.75) is 31.7 Å². The SMILES string of the molecule is C1=C(c2cccnc2)C[C@@H]2NCCC[C@@H]2C1. The lowest BCUT2D eigenvalue weighted by Crippen LogP contribution is -2.42. The second kappa shape index (κ2) is 4.38. The summed E-state index contributed by atoms with van der Waals surface area (Å²) in [6, 6.07) is 4.90. The van der Waals surface area contributed by atoms with E-state index in [1.165, 1.54) is 43.4 Å². The molecule has 0 amide bonds. The van der Waals surface area contributed by atoms with Crippen LogP contribution in [0, 0.1) is 5.92 Å². The van der Waals surface area contributed by atoms with Crippen molar-refractivity contribution >= 4 is 5.57 Å². The molecule has 16 heavy (non-hydrogen) atoms. The van der Waals surface area contributed by atoms with E-state index in [-0.39, 0.29) is 0 Å². The predicted molar refractivity (Wildman–Crippen MR) is 66.0 cm³/mol. The summed E-state index contributed by atoms with van der Waals surface area (Å²) < 4.78 is 0. The Morgan fingerprint density at radius 1 is 1.38 bits per heavy atom. The summed E-state index contributed by atoms with van der Waals surface area (Å²) in [7, 11) is 0. The second-order valence-corrected chi connectivity index (χ2v) is 4.87. The maximum absolute atomic E-state index is 4.20. The van der Waals surface area contributed by atoms with Crippen LogP contribution >= 0.6 is 0 Å². The van der Waals surface area contributed by atoms with E-state index in [1.807, 2.05) is 18.5 Å². The summed E-state index contributed by atoms with van der Waals surface area (Å²) in [5.74, 6) is 0.870. The van der Waals surface area contributed by atoms with E-state index in [0.29, 0.717) is 6.04 Å². The Labute approximate surface area is 96.8 Å². The van der Waals surface area contributed by atoms with Crippen molar-refractivity contribution in [1.82, 2.24) is 10.3 Å². The number of nitrogens with zero attached hydrogens (tertiary/aromatic N) is 1. The Hall–Kier alpha value is -1.15. The van der Waals surface area contributed by atoms with Crippen LogP contribution in [0.2, 0.25) is 0 Å². The molecule has 0 radical (unpaired) electrons. The van der Waals surface area contributed by atoms with Crippen molar-refractivity contribution in [3.05, 3.63) is 36.2 Å². The molecule has 84 valence electrons. The molecule has 0 saturated carbocycles. The summed E-state index contributed by atoms with van der Waals surface area (Å²) in [6.07, 6.45) is 11.4. The van der Waals surface area contributed by atoms with Gasteiger partial charge in [-0.3, -0.25) is 4.98 Å². The molecule has 2 aliphatic rings. The van der Waals surface area contributed by atoms with Gasteiger partial charge in [-0.2, -0.15) is 0 Å². The normalized spacial score (nSPS) is 29.4. The van der Waals surface area contributed by atoms with E-state index >= 15 is 0 Å². The van der Waals surface area contributed by atoms with Crippen LogP contribution in [0.3, 0.4) is 0 Å². The van der Waals surface area contributed by atoms with Crippen molar-refractivity contribution in [3.63, 3.8) is 0 Å². The summed E-state index contributed by atoms with van der Waals surface area (Å²) in [5.41, 5.74) is 2.78. The van der Waals surface area contributed by atoms with E-state index < -0.39 is 0 Å². The summed E-state index contributed by atoms with van der Waals surface area (Å²) in [5, 5.41) is 3.66. The number of pyridine rings is 1. The van der Waals surface area contributed by atoms with Crippen molar-refractivity contribution in [1.29, 1.82) is 0 Å². The third-order valence-electron chi connectivity index (χ3n) is 3.87. The molecule has 1 saturated heterocycles. The zero-order chi connectivity index (χ0) is 10.8. The van der Waals surface area contributed by atoms with E-state index in [0.717, 1.165) is 5.92 Å². The minimum Gasteiger partial charge on any atom is -0.313 e. The molecule has 0 aromatic carbocycles. The quantitative estimate of drug-likeness (QED) is 0.777. The van der Waals surface area contributed by atoms with Gasteiger partial charge in [-0.1, -0.05) is 12.1 Å². The Kier molecular flexibility index (Phi) is 2.75. The third kappa shape index (κ3) is 1.90. The molecule has 3 rings (SSSR count). The molecule has 0 spiro atoms. The average molecular weight is 214 g/mol. The monoisotopic (exact) mass is 214 g/mol. The van der Waals surface area contributed by atoms with Crippen molar-refractivity contribution in [2.24, 2.45) is 5.92 Å². The van der Waals surface area contributed by atoms with Gasteiger partial charge in [0.05, 0.1) is 0 Å². The van der Waals surface area contributed by atoms with Gasteiger partial charge in [-0.05, 0) is 55.3 Å². The molecule has 1 aliphatic carbocycles. The highest BCUT2D eigenvalue weighted by molar-refractivity contribution is 5.66. The largest absolute Gasteiger partial charge is 0.313 e. The fourth-order valence-corrected chi connectivity index (χ4v) is 2.94. The molecule has 2 heteroatoms. The maximum Gasteiger partial charge on any atom is 0.0342 e. The lowest BCUT2D eigenvalue weighted by Gasteiger charge is -2.36. The summed E-state index contributed by atoms with van der Waals surface area (Å²) in [6.45, 7) is 1.20. The fraction of sp³-hybridized carbons (Fsp3) is 0.500. The Balaban J connectivity index is 1.81. The number of fused-ring (bicyclic) bond motifs is 1. The van der Waals surface area contributed by atoms with Gasteiger partial charge in [0.15, 0.2) is 0 Å². The molecule has 1 aromatic rings. The highest BCUT2D eigenvalue weighted by atomic mass is 14.9. The Bertz CT molecular complexity index is 383. The zero-order valence-electron chi connectivity index (χ0n) is 9.52.